The van der Waals surface area contributed by atoms with E-state index in [4.69, 9.17) is 10.8 Å². The largest absolute Gasteiger partial charge is 0.785 e. The van der Waals surface area contributed by atoms with Crippen LogP contribution in [0.2, 0.25) is 0 Å². The van der Waals surface area contributed by atoms with Gasteiger partial charge in [-0.25, -0.2) is 4.79 Å². The molecule has 1 rings (SSSR count). The van der Waals surface area contributed by atoms with E-state index in [1.54, 1.807) is 0 Å². The summed E-state index contributed by atoms with van der Waals surface area (Å²) in [6, 6.07) is -1.00. The molecular weight excluding hydrogens is 218 g/mol. The van der Waals surface area contributed by atoms with Crippen LogP contribution in [0.15, 0.2) is 0 Å². The van der Waals surface area contributed by atoms with Gasteiger partial charge in [-0.2, -0.15) is 4.81 Å². The standard InChI is InChI=1S/C8H16N3O5/c9-7(1-6-12)8(13)16-11(15)4-2-10(14)3-5-11/h7,12H,1-6,9H2/q-1/t7-/m0/s1. The minimum Gasteiger partial charge on any atom is -0.785 e. The van der Waals surface area contributed by atoms with Crippen molar-refractivity contribution in [3.05, 3.63) is 10.4 Å². The van der Waals surface area contributed by atoms with E-state index in [1.807, 2.05) is 0 Å². The highest BCUT2D eigenvalue weighted by Crippen LogP contribution is 2.12. The molecule has 0 aliphatic carbocycles. The fraction of sp³-hybridized carbons (Fsp3) is 0.875. The van der Waals surface area contributed by atoms with Crippen molar-refractivity contribution < 1.29 is 19.5 Å². The van der Waals surface area contributed by atoms with Gasteiger partial charge in [0.25, 0.3) is 0 Å². The van der Waals surface area contributed by atoms with E-state index in [2.05, 4.69) is 4.84 Å². The van der Waals surface area contributed by atoms with Crippen LogP contribution in [-0.4, -0.2) is 59.8 Å². The summed E-state index contributed by atoms with van der Waals surface area (Å²) in [6.07, 6.45) is 0.0481. The quantitative estimate of drug-likeness (QED) is 0.438. The van der Waals surface area contributed by atoms with E-state index < -0.39 is 16.8 Å². The number of piperazine rings is 1. The predicted octanol–water partition coefficient (Wildman–Crippen LogP) is -1.72. The maximum absolute atomic E-state index is 11.8. The van der Waals surface area contributed by atoms with Gasteiger partial charge in [-0.05, 0) is 6.42 Å². The van der Waals surface area contributed by atoms with E-state index in [0.29, 0.717) is 0 Å². The Bertz CT molecular complexity index is 242. The van der Waals surface area contributed by atoms with Crippen molar-refractivity contribution in [2.75, 3.05) is 32.8 Å². The van der Waals surface area contributed by atoms with Crippen molar-refractivity contribution in [1.82, 2.24) is 5.06 Å². The molecule has 8 nitrogen and oxygen atoms in total. The highest BCUT2D eigenvalue weighted by atomic mass is 16.9. The number of aliphatic hydroxyl groups excluding tert-OH is 1. The normalized spacial score (nSPS) is 22.8. The third-order valence-electron chi connectivity index (χ3n) is 2.38. The van der Waals surface area contributed by atoms with Crippen molar-refractivity contribution in [3.8, 4) is 0 Å². The number of rotatable bonds is 4. The Hall–Kier alpha value is -0.770. The molecule has 0 unspecified atom stereocenters. The van der Waals surface area contributed by atoms with Crippen LogP contribution in [0.3, 0.4) is 0 Å². The number of hydrogen-bond donors (Lipinski definition) is 2. The van der Waals surface area contributed by atoms with Gasteiger partial charge in [0.1, 0.15) is 19.1 Å². The van der Waals surface area contributed by atoms with Gasteiger partial charge in [-0.15, -0.1) is 0 Å². The summed E-state index contributed by atoms with van der Waals surface area (Å²) in [4.78, 5) is 14.8. The highest BCUT2D eigenvalue weighted by molar-refractivity contribution is 5.74. The van der Waals surface area contributed by atoms with Gasteiger partial charge < -0.3 is 26.3 Å². The number of nitrogens with two attached hydrogens (primary N) is 1. The van der Waals surface area contributed by atoms with E-state index in [9.17, 15) is 15.2 Å². The molecule has 0 aromatic rings. The number of nitrogens with zero attached hydrogens (tertiary/aromatic N) is 2. The first-order chi connectivity index (χ1) is 7.47. The Morgan fingerprint density at radius 1 is 1.56 bits per heavy atom. The van der Waals surface area contributed by atoms with Crippen LogP contribution in [0.4, 0.5) is 0 Å². The van der Waals surface area contributed by atoms with E-state index in [1.165, 1.54) is 0 Å². The second kappa shape index (κ2) is 5.53. The number of aliphatic hydroxyl groups is 1. The molecule has 1 heterocycles. The Labute approximate surface area is 92.9 Å². The van der Waals surface area contributed by atoms with Gasteiger partial charge >= 0.3 is 5.97 Å². The summed E-state index contributed by atoms with van der Waals surface area (Å²) in [7, 11) is 0. The highest BCUT2D eigenvalue weighted by Gasteiger charge is 2.29. The van der Waals surface area contributed by atoms with Crippen LogP contribution in [-0.2, 0) is 9.63 Å². The average Bonchev–Trinajstić information content (AvgIpc) is 2.23. The second-order valence-electron chi connectivity index (χ2n) is 3.72. The molecule has 1 aliphatic heterocycles. The number of carbonyl (C=O) groups excluding carboxylic acids is 1. The van der Waals surface area contributed by atoms with Crippen LogP contribution >= 0.6 is 0 Å². The molecule has 0 spiro atoms. The summed E-state index contributed by atoms with van der Waals surface area (Å²) in [5.41, 5.74) is 5.38. The lowest BCUT2D eigenvalue weighted by Crippen LogP contribution is -2.56. The number of hydrogen-bond acceptors (Lipinski definition) is 7. The third kappa shape index (κ3) is 3.67. The van der Waals surface area contributed by atoms with Crippen molar-refractivity contribution in [1.29, 1.82) is 0 Å². The summed E-state index contributed by atoms with van der Waals surface area (Å²) in [6.45, 7) is -0.371. The molecule has 1 atom stereocenters. The first-order valence-electron chi connectivity index (χ1n) is 5.07. The lowest BCUT2D eigenvalue weighted by atomic mass is 10.2. The van der Waals surface area contributed by atoms with E-state index >= 15 is 0 Å². The predicted molar refractivity (Wildman–Crippen MR) is 54.1 cm³/mol. The molecular formula is C8H16N3O5-. The van der Waals surface area contributed by atoms with Gasteiger partial charge in [0.15, 0.2) is 0 Å². The zero-order valence-electron chi connectivity index (χ0n) is 8.87. The fourth-order valence-electron chi connectivity index (χ4n) is 1.33. The van der Waals surface area contributed by atoms with E-state index in [0.717, 1.165) is 5.06 Å². The van der Waals surface area contributed by atoms with Crippen molar-refractivity contribution in [2.24, 2.45) is 5.73 Å². The van der Waals surface area contributed by atoms with Gasteiger partial charge in [0.2, 0.25) is 0 Å². The van der Waals surface area contributed by atoms with Crippen LogP contribution < -0.4 is 5.73 Å². The van der Waals surface area contributed by atoms with Crippen molar-refractivity contribution in [2.45, 2.75) is 12.5 Å². The molecule has 16 heavy (non-hydrogen) atoms. The maximum atomic E-state index is 11.8. The van der Waals surface area contributed by atoms with Crippen LogP contribution in [0, 0.1) is 10.4 Å². The Morgan fingerprint density at radius 2 is 2.12 bits per heavy atom. The fourth-order valence-corrected chi connectivity index (χ4v) is 1.33. The van der Waals surface area contributed by atoms with Gasteiger partial charge in [0.05, 0.1) is 0 Å². The third-order valence-corrected chi connectivity index (χ3v) is 2.38. The molecule has 1 fully saturated rings. The Balaban J connectivity index is 2.43. The summed E-state index contributed by atoms with van der Waals surface area (Å²) < 4.78 is 0. The molecule has 0 bridgehead atoms. The monoisotopic (exact) mass is 234 g/mol. The van der Waals surface area contributed by atoms with Crippen LogP contribution in [0.1, 0.15) is 6.42 Å². The number of carbonyl (C=O) groups is 1. The number of quaternary nitrogens is 1. The molecule has 0 amide bonds. The molecule has 94 valence electrons. The maximum Gasteiger partial charge on any atom is 0.383 e. The molecule has 3 N–H and O–H groups in total. The smallest absolute Gasteiger partial charge is 0.383 e. The van der Waals surface area contributed by atoms with Gasteiger partial charge in [-0.1, -0.05) is 0 Å². The number of hydroxylamine groups is 6. The van der Waals surface area contributed by atoms with Crippen molar-refractivity contribution >= 4 is 5.97 Å². The molecule has 0 saturated carbocycles. The SMILES string of the molecule is N[C@@H](CCO)C(=O)O[N+]1([O-])CCN([O-])CC1. The molecule has 0 aromatic heterocycles. The molecule has 0 aromatic carbocycles. The molecule has 0 radical (unpaired) electrons. The topological polar surface area (TPSA) is 122 Å². The first kappa shape index (κ1) is 13.3. The minimum absolute atomic E-state index is 0.0337. The van der Waals surface area contributed by atoms with Crippen molar-refractivity contribution in [3.63, 3.8) is 0 Å². The van der Waals surface area contributed by atoms with Gasteiger partial charge in [0, 0.05) is 19.7 Å². The Morgan fingerprint density at radius 3 is 2.62 bits per heavy atom. The average molecular weight is 234 g/mol. The van der Waals surface area contributed by atoms with E-state index in [-0.39, 0.29) is 39.2 Å². The van der Waals surface area contributed by atoms with Crippen LogP contribution in [0.5, 0.6) is 0 Å². The summed E-state index contributed by atoms with van der Waals surface area (Å²) in [5.74, 6) is -0.844. The minimum atomic E-state index is -1.17. The lowest BCUT2D eigenvalue weighted by molar-refractivity contribution is -1.05. The molecule has 1 saturated heterocycles. The Kier molecular flexibility index (Phi) is 4.59. The lowest BCUT2D eigenvalue weighted by Gasteiger charge is -2.46. The van der Waals surface area contributed by atoms with Gasteiger partial charge in [-0.3, -0.25) is 4.84 Å². The summed E-state index contributed by atoms with van der Waals surface area (Å²) in [5, 5.41) is 32.0. The van der Waals surface area contributed by atoms with Crippen LogP contribution in [0.25, 0.3) is 0 Å². The first-order valence-corrected chi connectivity index (χ1v) is 5.07. The second-order valence-corrected chi connectivity index (χ2v) is 3.72. The zero-order chi connectivity index (χ0) is 12.2. The zero-order valence-corrected chi connectivity index (χ0v) is 8.87. The summed E-state index contributed by atoms with van der Waals surface area (Å²) >= 11 is 0. The molecule has 8 heteroatoms. The molecule has 1 aliphatic rings.